The fraction of sp³-hybridized carbons (Fsp3) is 0.708. The molecule has 1 aromatic carbocycles. The van der Waals surface area contributed by atoms with E-state index in [1.807, 2.05) is 0 Å². The third-order valence-corrected chi connectivity index (χ3v) is 12.3. The van der Waals surface area contributed by atoms with E-state index in [1.54, 1.807) is 24.6 Å². The summed E-state index contributed by atoms with van der Waals surface area (Å²) in [5.41, 5.74) is 0.0719. The molecule has 5 nitrogen and oxygen atoms in total. The Morgan fingerprint density at radius 1 is 0.871 bits per heavy atom. The van der Waals surface area contributed by atoms with Gasteiger partial charge in [0.15, 0.2) is 0 Å². The summed E-state index contributed by atoms with van der Waals surface area (Å²) in [5, 5.41) is 0. The molecule has 0 aliphatic rings. The Morgan fingerprint density at radius 3 is 1.61 bits per heavy atom. The van der Waals surface area contributed by atoms with Crippen LogP contribution in [0.3, 0.4) is 0 Å². The van der Waals surface area contributed by atoms with Crippen molar-refractivity contribution in [2.45, 2.75) is 84.0 Å². The van der Waals surface area contributed by atoms with Gasteiger partial charge in [0.1, 0.15) is 0 Å². The molecule has 0 aliphatic carbocycles. The molecular weight excluding hydrogens is 431 g/mol. The van der Waals surface area contributed by atoms with Gasteiger partial charge in [0, 0.05) is 0 Å². The molecule has 0 amide bonds. The van der Waals surface area contributed by atoms with Crippen molar-refractivity contribution in [3.8, 4) is 0 Å². The Morgan fingerprint density at radius 2 is 1.29 bits per heavy atom. The number of carbonyl (C=O) groups is 1. The van der Waals surface area contributed by atoms with Gasteiger partial charge < -0.3 is 4.74 Å². The van der Waals surface area contributed by atoms with Crippen LogP contribution in [0, 0.1) is 0 Å². The van der Waals surface area contributed by atoms with Crippen LogP contribution in [0.15, 0.2) is 29.2 Å². The predicted octanol–water partition coefficient (Wildman–Crippen LogP) is 6.66. The number of rotatable bonds is 14. The van der Waals surface area contributed by atoms with Crippen molar-refractivity contribution in [1.29, 1.82) is 0 Å². The van der Waals surface area contributed by atoms with E-state index in [9.17, 15) is 13.2 Å². The Kier molecular flexibility index (Phi) is 16.1. The number of hydrogen-bond acceptors (Lipinski definition) is 4. The third-order valence-electron chi connectivity index (χ3n) is 5.80. The number of hydrogen-bond donors (Lipinski definition) is 1. The minimum absolute atomic E-state index is 0.0719. The zero-order valence-corrected chi connectivity index (χ0v) is 22.1. The largest absolute Gasteiger partial charge is 0.465 e. The second-order valence-corrected chi connectivity index (χ2v) is 14.8. The molecule has 0 unspecified atom stereocenters. The van der Waals surface area contributed by atoms with Gasteiger partial charge in [-0.2, -0.15) is 8.42 Å². The molecule has 0 spiro atoms. The molecular formula is C24H45O5PS. The van der Waals surface area contributed by atoms with Crippen LogP contribution in [0.1, 0.15) is 89.4 Å². The summed E-state index contributed by atoms with van der Waals surface area (Å²) in [6.45, 7) is 9.44. The molecule has 182 valence electrons. The molecule has 7 heteroatoms. The zero-order valence-electron chi connectivity index (χ0n) is 20.3. The number of ether oxygens (including phenoxy) is 1. The number of unbranched alkanes of at least 4 members (excludes halogenated alkanes) is 4. The van der Waals surface area contributed by atoms with Gasteiger partial charge in [-0.3, -0.25) is 4.55 Å². The molecule has 0 bridgehead atoms. The minimum atomic E-state index is -4.27. The second-order valence-electron chi connectivity index (χ2n) is 8.41. The van der Waals surface area contributed by atoms with Gasteiger partial charge in [-0.1, -0.05) is 6.07 Å². The van der Waals surface area contributed by atoms with Crippen LogP contribution < -0.4 is 0 Å². The number of carbonyl (C=O) groups excluding carboxylic acids is 1. The summed E-state index contributed by atoms with van der Waals surface area (Å²) in [7, 11) is -3.97. The van der Waals surface area contributed by atoms with Gasteiger partial charge in [-0.25, -0.2) is 4.79 Å². The molecule has 0 saturated carbocycles. The molecule has 0 fully saturated rings. The minimum Gasteiger partial charge on any atom is -0.465 e. The SMILES string of the molecule is CCCC[PH](CCCC)(CCCC)CCCC.COC(=O)c1cccc(S(=O)(=O)O)c1. The number of methoxy groups -OCH3 is 1. The van der Waals surface area contributed by atoms with Crippen molar-refractivity contribution in [2.24, 2.45) is 0 Å². The summed E-state index contributed by atoms with van der Waals surface area (Å²) in [6.07, 6.45) is 18.1. The topological polar surface area (TPSA) is 80.7 Å². The van der Waals surface area contributed by atoms with Crippen LogP contribution >= 0.6 is 7.26 Å². The van der Waals surface area contributed by atoms with E-state index < -0.39 is 23.3 Å². The molecule has 0 aromatic heterocycles. The molecule has 0 saturated heterocycles. The summed E-state index contributed by atoms with van der Waals surface area (Å²) >= 11 is 0. The van der Waals surface area contributed by atoms with Crippen molar-refractivity contribution >= 4 is 23.3 Å². The van der Waals surface area contributed by atoms with Crippen LogP contribution in [-0.2, 0) is 14.9 Å². The normalized spacial score (nSPS) is 12.1. The Hall–Kier alpha value is -0.970. The summed E-state index contributed by atoms with van der Waals surface area (Å²) in [5.74, 6) is -0.657. The average molecular weight is 477 g/mol. The fourth-order valence-electron chi connectivity index (χ4n) is 3.86. The monoisotopic (exact) mass is 476 g/mol. The second kappa shape index (κ2) is 16.6. The Balaban J connectivity index is 0.000000590. The van der Waals surface area contributed by atoms with Crippen molar-refractivity contribution < 1.29 is 22.5 Å². The van der Waals surface area contributed by atoms with Crippen molar-refractivity contribution in [1.82, 2.24) is 0 Å². The Bertz CT molecular complexity index is 681. The first-order chi connectivity index (χ1) is 14.7. The molecule has 0 heterocycles. The van der Waals surface area contributed by atoms with Gasteiger partial charge in [0.25, 0.3) is 10.1 Å². The fourth-order valence-corrected chi connectivity index (χ4v) is 10.3. The van der Waals surface area contributed by atoms with Crippen LogP contribution in [0.2, 0.25) is 0 Å². The molecule has 31 heavy (non-hydrogen) atoms. The van der Waals surface area contributed by atoms with Crippen LogP contribution in [-0.4, -0.2) is 50.7 Å². The van der Waals surface area contributed by atoms with E-state index in [0.717, 1.165) is 6.07 Å². The smallest absolute Gasteiger partial charge is 0.337 e. The number of esters is 1. The van der Waals surface area contributed by atoms with Gasteiger partial charge in [-0.05, 0) is 18.2 Å². The van der Waals surface area contributed by atoms with Crippen LogP contribution in [0.5, 0.6) is 0 Å². The third kappa shape index (κ3) is 12.6. The average Bonchev–Trinajstić information content (AvgIpc) is 2.77. The summed E-state index contributed by atoms with van der Waals surface area (Å²) in [6, 6.07) is 4.96. The van der Waals surface area contributed by atoms with Crippen molar-refractivity contribution in [3.63, 3.8) is 0 Å². The number of benzene rings is 1. The van der Waals surface area contributed by atoms with E-state index >= 15 is 0 Å². The van der Waals surface area contributed by atoms with Crippen LogP contribution in [0.4, 0.5) is 0 Å². The first-order valence-corrected chi connectivity index (χ1v) is 16.1. The molecule has 0 aliphatic heterocycles. The van der Waals surface area contributed by atoms with E-state index in [1.165, 1.54) is 76.7 Å². The van der Waals surface area contributed by atoms with Gasteiger partial charge in [0.2, 0.25) is 0 Å². The maximum absolute atomic E-state index is 11.0. The molecule has 0 radical (unpaired) electrons. The molecule has 1 rings (SSSR count). The first-order valence-electron chi connectivity index (χ1n) is 11.9. The zero-order chi connectivity index (χ0) is 23.8. The quantitative estimate of drug-likeness (QED) is 0.184. The van der Waals surface area contributed by atoms with Crippen molar-refractivity contribution in [3.05, 3.63) is 29.8 Å². The van der Waals surface area contributed by atoms with Crippen LogP contribution in [0.25, 0.3) is 0 Å². The van der Waals surface area contributed by atoms with Crippen molar-refractivity contribution in [2.75, 3.05) is 31.8 Å². The van der Waals surface area contributed by atoms with Gasteiger partial charge >= 0.3 is 117 Å². The summed E-state index contributed by atoms with van der Waals surface area (Å²) < 4.78 is 34.5. The predicted molar refractivity (Wildman–Crippen MR) is 135 cm³/mol. The Labute approximate surface area is 191 Å². The van der Waals surface area contributed by atoms with E-state index in [2.05, 4.69) is 32.4 Å². The first kappa shape index (κ1) is 30.0. The molecule has 0 atom stereocenters. The van der Waals surface area contributed by atoms with E-state index in [-0.39, 0.29) is 10.5 Å². The maximum atomic E-state index is 11.0. The summed E-state index contributed by atoms with van der Waals surface area (Å²) in [4.78, 5) is 10.7. The van der Waals surface area contributed by atoms with E-state index in [4.69, 9.17) is 4.55 Å². The van der Waals surface area contributed by atoms with E-state index in [0.29, 0.717) is 0 Å². The molecule has 1 N–H and O–H groups in total. The standard InChI is InChI=1S/C16H37P.C8H8O5S/c1-5-9-13-17(14-10-6-2,15-11-7-3)16-12-8-4;1-13-8(9)6-3-2-4-7(5-6)14(10,11)12/h17H,5-16H2,1-4H3;2-5H,1H3,(H,10,11,12). The molecule has 1 aromatic rings. The van der Waals surface area contributed by atoms with Gasteiger partial charge in [0.05, 0.1) is 17.6 Å². The maximum Gasteiger partial charge on any atom is 0.337 e. The van der Waals surface area contributed by atoms with Gasteiger partial charge in [-0.15, -0.1) is 0 Å².